The Morgan fingerprint density at radius 1 is 1.58 bits per heavy atom. The molecule has 1 aliphatic carbocycles. The van der Waals surface area contributed by atoms with E-state index in [-0.39, 0.29) is 11.7 Å². The Bertz CT molecular complexity index is 665. The van der Waals surface area contributed by atoms with E-state index < -0.39 is 0 Å². The summed E-state index contributed by atoms with van der Waals surface area (Å²) in [7, 11) is 0. The lowest BCUT2D eigenvalue weighted by Gasteiger charge is -2.05. The van der Waals surface area contributed by atoms with E-state index in [1.165, 1.54) is 11.8 Å². The third-order valence-electron chi connectivity index (χ3n) is 2.61. The number of anilines is 1. The first kappa shape index (κ1) is 12.6. The van der Waals surface area contributed by atoms with Gasteiger partial charge in [0.25, 0.3) is 0 Å². The number of nitrogens with one attached hydrogen (secondary N) is 2. The van der Waals surface area contributed by atoms with Crippen LogP contribution in [0.4, 0.5) is 5.95 Å². The Kier molecular flexibility index (Phi) is 3.29. The van der Waals surface area contributed by atoms with Gasteiger partial charge < -0.3 is 0 Å². The van der Waals surface area contributed by atoms with Crippen LogP contribution in [0.1, 0.15) is 18.9 Å². The van der Waals surface area contributed by atoms with Gasteiger partial charge in [-0.05, 0) is 40.5 Å². The second-order valence-corrected chi connectivity index (χ2v) is 5.82. The zero-order valence-electron chi connectivity index (χ0n) is 9.63. The molecule has 4 N–H and O–H groups in total. The lowest BCUT2D eigenvalue weighted by Crippen LogP contribution is -2.16. The van der Waals surface area contributed by atoms with Gasteiger partial charge in [0.1, 0.15) is 5.03 Å². The number of nitrogen functional groups attached to an aromatic ring is 1. The van der Waals surface area contributed by atoms with E-state index >= 15 is 0 Å². The Labute approximate surface area is 120 Å². The highest BCUT2D eigenvalue weighted by Gasteiger charge is 2.29. The van der Waals surface area contributed by atoms with Gasteiger partial charge in [0.15, 0.2) is 5.16 Å². The molecular weight excluding hydrogens is 334 g/mol. The van der Waals surface area contributed by atoms with Gasteiger partial charge in [0.05, 0.1) is 4.47 Å². The maximum Gasteiger partial charge on any atom is 0.344 e. The highest BCUT2D eigenvalue weighted by atomic mass is 79.9. The second kappa shape index (κ2) is 4.94. The zero-order valence-corrected chi connectivity index (χ0v) is 12.0. The molecule has 0 aromatic carbocycles. The van der Waals surface area contributed by atoms with Crippen LogP contribution in [-0.2, 0) is 0 Å². The van der Waals surface area contributed by atoms with E-state index in [1.807, 2.05) is 0 Å². The first-order chi connectivity index (χ1) is 9.19. The molecule has 0 aliphatic heterocycles. The molecule has 0 radical (unpaired) electrons. The average molecular weight is 344 g/mol. The molecule has 0 atom stereocenters. The van der Waals surface area contributed by atoms with Crippen molar-refractivity contribution >= 4 is 33.6 Å². The molecule has 8 nitrogen and oxygen atoms in total. The lowest BCUT2D eigenvalue weighted by molar-refractivity contribution is 0.642. The van der Waals surface area contributed by atoms with Crippen molar-refractivity contribution in [3.63, 3.8) is 0 Å². The van der Waals surface area contributed by atoms with E-state index in [2.05, 4.69) is 41.5 Å². The highest BCUT2D eigenvalue weighted by Crippen LogP contribution is 2.38. The highest BCUT2D eigenvalue weighted by molar-refractivity contribution is 9.10. The summed E-state index contributed by atoms with van der Waals surface area (Å²) in [5.74, 6) is 5.58. The quantitative estimate of drug-likeness (QED) is 0.429. The Hall–Kier alpha value is -1.39. The fourth-order valence-electron chi connectivity index (χ4n) is 1.60. The minimum Gasteiger partial charge on any atom is -0.292 e. The van der Waals surface area contributed by atoms with E-state index in [1.54, 1.807) is 10.8 Å². The normalized spacial score (nSPS) is 14.6. The first-order valence-corrected chi connectivity index (χ1v) is 7.14. The molecule has 2 heterocycles. The Balaban J connectivity index is 1.95. The van der Waals surface area contributed by atoms with Crippen LogP contribution in [0.15, 0.2) is 25.6 Å². The molecule has 100 valence electrons. The van der Waals surface area contributed by atoms with Crippen molar-refractivity contribution < 1.29 is 0 Å². The first-order valence-electron chi connectivity index (χ1n) is 5.53. The predicted molar refractivity (Wildman–Crippen MR) is 72.8 cm³/mol. The number of rotatable bonds is 4. The summed E-state index contributed by atoms with van der Waals surface area (Å²) in [5.41, 5.74) is 2.19. The standard InChI is InChI=1S/C9H10BrN7OS/c10-5-3-12-7(14-11)13-6(5)19-9-16-15-8(18)17(9)4-1-2-4/h3-4H,1-2,11H2,(H,15,18)(H,12,13,14). The van der Waals surface area contributed by atoms with Crippen molar-refractivity contribution in [3.05, 3.63) is 21.2 Å². The number of nitrogens with zero attached hydrogens (tertiary/aromatic N) is 4. The number of nitrogens with two attached hydrogens (primary N) is 1. The number of halogens is 1. The topological polar surface area (TPSA) is 115 Å². The summed E-state index contributed by atoms with van der Waals surface area (Å²) in [6.07, 6.45) is 3.61. The van der Waals surface area contributed by atoms with E-state index in [4.69, 9.17) is 5.84 Å². The van der Waals surface area contributed by atoms with Gasteiger partial charge in [0.2, 0.25) is 5.95 Å². The summed E-state index contributed by atoms with van der Waals surface area (Å²) < 4.78 is 2.38. The van der Waals surface area contributed by atoms with E-state index in [9.17, 15) is 4.79 Å². The summed E-state index contributed by atoms with van der Waals surface area (Å²) in [5, 5.41) is 7.72. The van der Waals surface area contributed by atoms with Gasteiger partial charge in [-0.1, -0.05) is 0 Å². The second-order valence-electron chi connectivity index (χ2n) is 4.01. The predicted octanol–water partition coefficient (Wildman–Crippen LogP) is 0.896. The van der Waals surface area contributed by atoms with Crippen LogP contribution in [0, 0.1) is 0 Å². The van der Waals surface area contributed by atoms with Crippen LogP contribution < -0.4 is 17.0 Å². The summed E-state index contributed by atoms with van der Waals surface area (Å²) in [6, 6.07) is 0.251. The molecule has 0 bridgehead atoms. The van der Waals surface area contributed by atoms with Crippen LogP contribution in [0.2, 0.25) is 0 Å². The number of aromatic nitrogens is 5. The molecule has 1 saturated carbocycles. The van der Waals surface area contributed by atoms with Crippen molar-refractivity contribution in [2.75, 3.05) is 5.43 Å². The smallest absolute Gasteiger partial charge is 0.292 e. The molecule has 0 spiro atoms. The van der Waals surface area contributed by atoms with Crippen molar-refractivity contribution in [1.82, 2.24) is 24.7 Å². The third kappa shape index (κ3) is 2.51. The van der Waals surface area contributed by atoms with Crippen LogP contribution >= 0.6 is 27.7 Å². The third-order valence-corrected chi connectivity index (χ3v) is 4.43. The van der Waals surface area contributed by atoms with Gasteiger partial charge >= 0.3 is 5.69 Å². The van der Waals surface area contributed by atoms with E-state index in [0.717, 1.165) is 12.8 Å². The molecule has 2 aromatic rings. The molecule has 19 heavy (non-hydrogen) atoms. The van der Waals surface area contributed by atoms with Crippen LogP contribution in [0.25, 0.3) is 0 Å². The molecule has 0 saturated heterocycles. The monoisotopic (exact) mass is 343 g/mol. The zero-order chi connectivity index (χ0) is 13.4. The maximum absolute atomic E-state index is 11.7. The molecule has 3 rings (SSSR count). The van der Waals surface area contributed by atoms with Gasteiger partial charge in [0, 0.05) is 12.2 Å². The molecule has 0 amide bonds. The minimum absolute atomic E-state index is 0.188. The lowest BCUT2D eigenvalue weighted by atomic mass is 10.7. The van der Waals surface area contributed by atoms with Crippen molar-refractivity contribution in [3.8, 4) is 0 Å². The Morgan fingerprint density at radius 2 is 2.37 bits per heavy atom. The summed E-state index contributed by atoms with van der Waals surface area (Å²) >= 11 is 4.65. The molecule has 1 fully saturated rings. The number of H-pyrrole nitrogens is 1. The molecular formula is C9H10BrN7OS. The number of hydrazine groups is 1. The molecule has 1 aliphatic rings. The van der Waals surface area contributed by atoms with Crippen molar-refractivity contribution in [1.29, 1.82) is 0 Å². The van der Waals surface area contributed by atoms with Crippen LogP contribution in [0.3, 0.4) is 0 Å². The van der Waals surface area contributed by atoms with Crippen LogP contribution in [-0.4, -0.2) is 24.7 Å². The SMILES string of the molecule is NNc1ncc(Br)c(Sc2n[nH]c(=O)n2C2CC2)n1. The molecule has 0 unspecified atom stereocenters. The summed E-state index contributed by atoms with van der Waals surface area (Å²) in [4.78, 5) is 19.9. The average Bonchev–Trinajstić information content (AvgIpc) is 3.17. The van der Waals surface area contributed by atoms with Gasteiger partial charge in [-0.15, -0.1) is 5.10 Å². The number of hydrogen-bond donors (Lipinski definition) is 3. The number of hydrogen-bond acceptors (Lipinski definition) is 7. The van der Waals surface area contributed by atoms with Crippen molar-refractivity contribution in [2.45, 2.75) is 29.1 Å². The van der Waals surface area contributed by atoms with E-state index in [0.29, 0.717) is 20.6 Å². The van der Waals surface area contributed by atoms with Gasteiger partial charge in [-0.2, -0.15) is 0 Å². The van der Waals surface area contributed by atoms with Crippen molar-refractivity contribution in [2.24, 2.45) is 5.84 Å². The minimum atomic E-state index is -0.188. The fraction of sp³-hybridized carbons (Fsp3) is 0.333. The number of aromatic amines is 1. The molecule has 2 aromatic heterocycles. The maximum atomic E-state index is 11.7. The molecule has 10 heteroatoms. The largest absolute Gasteiger partial charge is 0.344 e. The Morgan fingerprint density at radius 3 is 3.05 bits per heavy atom. The van der Waals surface area contributed by atoms with Gasteiger partial charge in [-0.3, -0.25) is 9.99 Å². The summed E-state index contributed by atoms with van der Waals surface area (Å²) in [6.45, 7) is 0. The van der Waals surface area contributed by atoms with Gasteiger partial charge in [-0.25, -0.2) is 25.7 Å². The van der Waals surface area contributed by atoms with Crippen LogP contribution in [0.5, 0.6) is 0 Å². The fourth-order valence-corrected chi connectivity index (χ4v) is 2.91.